The first-order chi connectivity index (χ1) is 13.8. The van der Waals surface area contributed by atoms with Crippen molar-refractivity contribution in [1.29, 1.82) is 0 Å². The normalized spacial score (nSPS) is 14.7. The van der Waals surface area contributed by atoms with E-state index in [-0.39, 0.29) is 17.2 Å². The van der Waals surface area contributed by atoms with Crippen LogP contribution in [0.25, 0.3) is 0 Å². The molecule has 0 atom stereocenters. The molecule has 29 heavy (non-hydrogen) atoms. The lowest BCUT2D eigenvalue weighted by Gasteiger charge is -2.19. The van der Waals surface area contributed by atoms with Crippen molar-refractivity contribution in [2.45, 2.75) is 44.9 Å². The number of nitrogens with one attached hydrogen (secondary N) is 1. The molecule has 2 aromatic carbocycles. The minimum Gasteiger partial charge on any atom is -0.492 e. The van der Waals surface area contributed by atoms with E-state index in [4.69, 9.17) is 4.74 Å². The van der Waals surface area contributed by atoms with Crippen molar-refractivity contribution in [3.63, 3.8) is 0 Å². The van der Waals surface area contributed by atoms with Crippen LogP contribution in [0.5, 0.6) is 5.75 Å². The van der Waals surface area contributed by atoms with E-state index in [2.05, 4.69) is 5.32 Å². The monoisotopic (exact) mass is 416 g/mol. The first kappa shape index (κ1) is 21.3. The van der Waals surface area contributed by atoms with Crippen LogP contribution in [0.2, 0.25) is 0 Å². The van der Waals surface area contributed by atoms with Crippen molar-refractivity contribution >= 4 is 21.6 Å². The molecule has 7 heteroatoms. The van der Waals surface area contributed by atoms with E-state index in [1.54, 1.807) is 12.1 Å². The fourth-order valence-corrected chi connectivity index (χ4v) is 5.11. The van der Waals surface area contributed by atoms with E-state index in [1.807, 2.05) is 39.0 Å². The second kappa shape index (κ2) is 8.97. The molecule has 0 saturated carbocycles. The second-order valence-electron chi connectivity index (χ2n) is 7.35. The Hall–Kier alpha value is -2.38. The van der Waals surface area contributed by atoms with E-state index < -0.39 is 10.0 Å². The van der Waals surface area contributed by atoms with Crippen LogP contribution in [0.1, 0.15) is 36.5 Å². The Bertz CT molecular complexity index is 996. The average Bonchev–Trinajstić information content (AvgIpc) is 3.22. The lowest BCUT2D eigenvalue weighted by molar-refractivity contribution is -0.115. The third-order valence-electron chi connectivity index (χ3n) is 5.15. The number of aryl methyl sites for hydroxylation is 2. The van der Waals surface area contributed by atoms with Gasteiger partial charge in [0.1, 0.15) is 10.6 Å². The molecule has 1 saturated heterocycles. The summed E-state index contributed by atoms with van der Waals surface area (Å²) in [6.07, 6.45) is 1.94. The topological polar surface area (TPSA) is 75.7 Å². The summed E-state index contributed by atoms with van der Waals surface area (Å²) in [4.78, 5) is 12.6. The maximum Gasteiger partial charge on any atom is 0.246 e. The predicted molar refractivity (Wildman–Crippen MR) is 114 cm³/mol. The highest BCUT2D eigenvalue weighted by Gasteiger charge is 2.30. The Morgan fingerprint density at radius 3 is 2.45 bits per heavy atom. The zero-order valence-electron chi connectivity index (χ0n) is 17.2. The Balaban J connectivity index is 1.82. The van der Waals surface area contributed by atoms with Gasteiger partial charge in [0, 0.05) is 18.8 Å². The Morgan fingerprint density at radius 1 is 1.07 bits per heavy atom. The summed E-state index contributed by atoms with van der Waals surface area (Å²) in [6, 6.07) is 10.7. The van der Waals surface area contributed by atoms with Gasteiger partial charge in [0.05, 0.1) is 13.0 Å². The van der Waals surface area contributed by atoms with Crippen LogP contribution in [0.3, 0.4) is 0 Å². The first-order valence-corrected chi connectivity index (χ1v) is 11.4. The van der Waals surface area contributed by atoms with Gasteiger partial charge in [-0.25, -0.2) is 8.42 Å². The summed E-state index contributed by atoms with van der Waals surface area (Å²) in [6.45, 7) is 7.24. The summed E-state index contributed by atoms with van der Waals surface area (Å²) in [7, 11) is -3.66. The minimum atomic E-state index is -3.66. The molecule has 2 aromatic rings. The molecule has 156 valence electrons. The summed E-state index contributed by atoms with van der Waals surface area (Å²) < 4.78 is 33.1. The van der Waals surface area contributed by atoms with Crippen molar-refractivity contribution in [3.8, 4) is 5.75 Å². The number of carbonyl (C=O) groups is 1. The molecule has 0 unspecified atom stereocenters. The van der Waals surface area contributed by atoms with Crippen molar-refractivity contribution < 1.29 is 17.9 Å². The van der Waals surface area contributed by atoms with Crippen LogP contribution in [-0.4, -0.2) is 38.3 Å². The van der Waals surface area contributed by atoms with Gasteiger partial charge in [-0.1, -0.05) is 18.2 Å². The van der Waals surface area contributed by atoms with Crippen LogP contribution in [-0.2, 0) is 21.2 Å². The van der Waals surface area contributed by atoms with Gasteiger partial charge in [-0.15, -0.1) is 0 Å². The van der Waals surface area contributed by atoms with Crippen molar-refractivity contribution in [3.05, 3.63) is 53.1 Å². The summed E-state index contributed by atoms with van der Waals surface area (Å²) >= 11 is 0. The first-order valence-electron chi connectivity index (χ1n) is 9.94. The fourth-order valence-electron chi connectivity index (χ4n) is 3.43. The van der Waals surface area contributed by atoms with Gasteiger partial charge < -0.3 is 10.1 Å². The molecule has 1 N–H and O–H groups in total. The van der Waals surface area contributed by atoms with Crippen LogP contribution >= 0.6 is 0 Å². The summed E-state index contributed by atoms with van der Waals surface area (Å²) in [5.74, 6) is 0.119. The number of anilines is 1. The zero-order chi connectivity index (χ0) is 21.0. The van der Waals surface area contributed by atoms with E-state index >= 15 is 0 Å². The van der Waals surface area contributed by atoms with Crippen LogP contribution in [0.4, 0.5) is 5.69 Å². The van der Waals surface area contributed by atoms with E-state index in [0.717, 1.165) is 24.0 Å². The maximum atomic E-state index is 13.1. The molecular weight excluding hydrogens is 388 g/mol. The Morgan fingerprint density at radius 2 is 1.79 bits per heavy atom. The van der Waals surface area contributed by atoms with Crippen molar-refractivity contribution in [2.75, 3.05) is 25.0 Å². The SMILES string of the molecule is CCOc1ccc(NC(=O)Cc2ccc(C)c(C)c2)cc1S(=O)(=O)N1CCCC1. The summed E-state index contributed by atoms with van der Waals surface area (Å²) in [5, 5.41) is 2.82. The highest BCUT2D eigenvalue weighted by molar-refractivity contribution is 7.89. The number of nitrogens with zero attached hydrogens (tertiary/aromatic N) is 1. The number of carbonyl (C=O) groups excluding carboxylic acids is 1. The van der Waals surface area contributed by atoms with Gasteiger partial charge in [-0.05, 0) is 68.5 Å². The number of benzene rings is 2. The molecule has 0 spiro atoms. The summed E-state index contributed by atoms with van der Waals surface area (Å²) in [5.41, 5.74) is 3.68. The largest absolute Gasteiger partial charge is 0.492 e. The van der Waals surface area contributed by atoms with Gasteiger partial charge in [0.15, 0.2) is 0 Å². The van der Waals surface area contributed by atoms with Gasteiger partial charge in [-0.2, -0.15) is 4.31 Å². The molecule has 1 heterocycles. The van der Waals surface area contributed by atoms with Crippen molar-refractivity contribution in [1.82, 2.24) is 4.31 Å². The van der Waals surface area contributed by atoms with Gasteiger partial charge in [0.25, 0.3) is 0 Å². The smallest absolute Gasteiger partial charge is 0.246 e. The number of hydrogen-bond donors (Lipinski definition) is 1. The van der Waals surface area contributed by atoms with Crippen LogP contribution in [0, 0.1) is 13.8 Å². The molecule has 1 aliphatic rings. The predicted octanol–water partition coefficient (Wildman–Crippen LogP) is 3.67. The fraction of sp³-hybridized carbons (Fsp3) is 0.409. The highest BCUT2D eigenvalue weighted by Crippen LogP contribution is 2.31. The average molecular weight is 417 g/mol. The second-order valence-corrected chi connectivity index (χ2v) is 9.26. The minimum absolute atomic E-state index is 0.102. The van der Waals surface area contributed by atoms with Gasteiger partial charge in [0.2, 0.25) is 15.9 Å². The molecule has 0 bridgehead atoms. The van der Waals surface area contributed by atoms with E-state index in [1.165, 1.54) is 15.9 Å². The Kier molecular flexibility index (Phi) is 6.59. The third-order valence-corrected chi connectivity index (χ3v) is 7.07. The number of rotatable bonds is 7. The number of ether oxygens (including phenoxy) is 1. The van der Waals surface area contributed by atoms with Gasteiger partial charge >= 0.3 is 0 Å². The molecule has 0 aliphatic carbocycles. The molecule has 3 rings (SSSR count). The third kappa shape index (κ3) is 4.97. The standard InChI is InChI=1S/C22H28N2O4S/c1-4-28-20-10-9-19(15-21(20)29(26,27)24-11-5-6-12-24)23-22(25)14-18-8-7-16(2)17(3)13-18/h7-10,13,15H,4-6,11-12,14H2,1-3H3,(H,23,25). The molecule has 0 aromatic heterocycles. The highest BCUT2D eigenvalue weighted by atomic mass is 32.2. The van der Waals surface area contributed by atoms with Crippen LogP contribution < -0.4 is 10.1 Å². The van der Waals surface area contributed by atoms with Crippen molar-refractivity contribution in [2.24, 2.45) is 0 Å². The maximum absolute atomic E-state index is 13.1. The molecule has 1 aliphatic heterocycles. The quantitative estimate of drug-likeness (QED) is 0.747. The molecular formula is C22H28N2O4S. The zero-order valence-corrected chi connectivity index (χ0v) is 18.0. The molecule has 1 fully saturated rings. The lowest BCUT2D eigenvalue weighted by Crippen LogP contribution is -2.28. The van der Waals surface area contributed by atoms with E-state index in [0.29, 0.717) is 31.1 Å². The molecule has 1 amide bonds. The van der Waals surface area contributed by atoms with Gasteiger partial charge in [-0.3, -0.25) is 4.79 Å². The van der Waals surface area contributed by atoms with E-state index in [9.17, 15) is 13.2 Å². The number of amides is 1. The molecule has 0 radical (unpaired) electrons. The molecule has 6 nitrogen and oxygen atoms in total. The number of hydrogen-bond acceptors (Lipinski definition) is 4. The van der Waals surface area contributed by atoms with Crippen LogP contribution in [0.15, 0.2) is 41.3 Å². The number of sulfonamides is 1. The lowest BCUT2D eigenvalue weighted by atomic mass is 10.0. The Labute approximate surface area is 172 Å².